The van der Waals surface area contributed by atoms with Gasteiger partial charge in [0.25, 0.3) is 35.1 Å². The van der Waals surface area contributed by atoms with E-state index in [-0.39, 0.29) is 129 Å². The number of aromatic nitrogens is 8. The van der Waals surface area contributed by atoms with E-state index in [4.69, 9.17) is 51.9 Å². The Morgan fingerprint density at radius 1 is 0.810 bits per heavy atom. The van der Waals surface area contributed by atoms with Gasteiger partial charge < -0.3 is 53.6 Å². The highest BCUT2D eigenvalue weighted by Gasteiger charge is 2.46. The van der Waals surface area contributed by atoms with Gasteiger partial charge in [-0.2, -0.15) is 4.98 Å². The van der Waals surface area contributed by atoms with E-state index < -0.39 is 47.2 Å². The van der Waals surface area contributed by atoms with Crippen LogP contribution in [-0.2, 0) is 44.0 Å². The van der Waals surface area contributed by atoms with Crippen molar-refractivity contribution in [3.63, 3.8) is 0 Å². The number of amides is 6. The van der Waals surface area contributed by atoms with E-state index in [2.05, 4.69) is 36.2 Å². The average molecular weight is 1130 g/mol. The number of rotatable bonds is 27. The van der Waals surface area contributed by atoms with E-state index in [0.29, 0.717) is 40.4 Å². The number of ether oxygens (including phenoxy) is 5. The molecule has 8 rings (SSSR count). The van der Waals surface area contributed by atoms with Gasteiger partial charge in [0.15, 0.2) is 18.0 Å². The average Bonchev–Trinajstić information content (AvgIpc) is 3.80. The van der Waals surface area contributed by atoms with E-state index in [9.17, 15) is 38.4 Å². The fourth-order valence-corrected chi connectivity index (χ4v) is 9.15. The van der Waals surface area contributed by atoms with Gasteiger partial charge in [-0.3, -0.25) is 48.0 Å². The van der Waals surface area contributed by atoms with Gasteiger partial charge in [0.2, 0.25) is 11.8 Å². The largest absolute Gasteiger partial charge is 0.484 e. The summed E-state index contributed by atoms with van der Waals surface area (Å²) < 4.78 is 32.1. The molecule has 414 valence electrons. The first kappa shape index (κ1) is 56.6. The number of hydrogen-bond donors (Lipinski definition) is 3. The maximum atomic E-state index is 14.6. The summed E-state index contributed by atoms with van der Waals surface area (Å²) in [5, 5.41) is 16.7. The number of halogens is 2. The molecule has 28 heteroatoms. The number of methoxy groups -OCH3 is 2. The summed E-state index contributed by atoms with van der Waals surface area (Å²) in [5.41, 5.74) is 1.30. The van der Waals surface area contributed by atoms with Crippen LogP contribution in [-0.4, -0.2) is 159 Å². The Labute approximate surface area is 460 Å². The van der Waals surface area contributed by atoms with Crippen LogP contribution in [0.2, 0.25) is 10.0 Å². The maximum absolute atomic E-state index is 14.6. The van der Waals surface area contributed by atoms with Crippen LogP contribution < -0.4 is 40.6 Å². The van der Waals surface area contributed by atoms with Crippen LogP contribution in [0.3, 0.4) is 0 Å². The quantitative estimate of drug-likeness (QED) is 0.0379. The molecule has 3 N–H and O–H groups in total. The van der Waals surface area contributed by atoms with Gasteiger partial charge in [-0.25, -0.2) is 9.97 Å². The Balaban J connectivity index is 0.793. The highest BCUT2D eigenvalue weighted by atomic mass is 35.5. The van der Waals surface area contributed by atoms with Crippen LogP contribution in [0.1, 0.15) is 78.3 Å². The molecule has 0 saturated heterocycles. The van der Waals surface area contributed by atoms with Gasteiger partial charge in [-0.1, -0.05) is 40.5 Å². The molecule has 2 aliphatic heterocycles. The fraction of sp³-hybridized carbons (Fsp3) is 0.353. The third-order valence-corrected chi connectivity index (χ3v) is 13.0. The number of anilines is 1. The van der Waals surface area contributed by atoms with Crippen molar-refractivity contribution in [2.24, 2.45) is 7.05 Å². The third kappa shape index (κ3) is 12.7. The molecule has 6 amide bonds. The molecule has 6 heterocycles. The minimum absolute atomic E-state index is 0.0186. The van der Waals surface area contributed by atoms with Crippen LogP contribution in [0.4, 0.5) is 5.69 Å². The van der Waals surface area contributed by atoms with Crippen molar-refractivity contribution >= 4 is 70.6 Å². The van der Waals surface area contributed by atoms with Gasteiger partial charge in [-0.05, 0) is 54.8 Å². The Kier molecular flexibility index (Phi) is 18.4. The predicted molar refractivity (Wildman–Crippen MR) is 280 cm³/mol. The molecule has 0 fully saturated rings. The Hall–Kier alpha value is -8.59. The van der Waals surface area contributed by atoms with Gasteiger partial charge in [-0.15, -0.1) is 5.10 Å². The Bertz CT molecular complexity index is 3350. The first-order valence-electron chi connectivity index (χ1n) is 24.6. The molecule has 0 spiro atoms. The van der Waals surface area contributed by atoms with Crippen molar-refractivity contribution in [3.8, 4) is 29.0 Å². The van der Waals surface area contributed by atoms with E-state index >= 15 is 0 Å². The molecular weight excluding hydrogens is 1070 g/mol. The van der Waals surface area contributed by atoms with Crippen molar-refractivity contribution in [2.45, 2.75) is 44.4 Å². The summed E-state index contributed by atoms with van der Waals surface area (Å²) in [6.07, 6.45) is 5.20. The van der Waals surface area contributed by atoms with Crippen molar-refractivity contribution < 1.29 is 57.2 Å². The highest BCUT2D eigenvalue weighted by Crippen LogP contribution is 2.44. The maximum Gasteiger partial charge on any atom is 0.319 e. The first-order valence-corrected chi connectivity index (χ1v) is 25.3. The minimum Gasteiger partial charge on any atom is -0.484 e. The number of fused-ring (bicyclic) bond motifs is 2. The van der Waals surface area contributed by atoms with Crippen LogP contribution >= 0.6 is 23.2 Å². The number of imidazole rings is 1. The third-order valence-electron chi connectivity index (χ3n) is 12.6. The lowest BCUT2D eigenvalue weighted by Gasteiger charge is -2.27. The molecule has 79 heavy (non-hydrogen) atoms. The molecule has 4 aromatic heterocycles. The van der Waals surface area contributed by atoms with Gasteiger partial charge in [0, 0.05) is 64.1 Å². The number of nitrogens with zero attached hydrogens (tertiary/aromatic N) is 10. The molecule has 6 aromatic rings. The predicted octanol–water partition coefficient (Wildman–Crippen LogP) is 2.44. The van der Waals surface area contributed by atoms with Crippen LogP contribution in [0.15, 0.2) is 71.9 Å². The number of hydrogen-bond acceptors (Lipinski definition) is 18. The lowest BCUT2D eigenvalue weighted by Crippen LogP contribution is -2.41. The lowest BCUT2D eigenvalue weighted by molar-refractivity contribution is -0.123. The highest BCUT2D eigenvalue weighted by molar-refractivity contribution is 6.31. The van der Waals surface area contributed by atoms with Gasteiger partial charge in [0.05, 0.1) is 80.3 Å². The second kappa shape index (κ2) is 25.7. The summed E-state index contributed by atoms with van der Waals surface area (Å²) in [6, 6.07) is 10.6. The number of carbonyl (C=O) groups is 7. The van der Waals surface area contributed by atoms with Gasteiger partial charge >= 0.3 is 6.01 Å². The number of aldehydes is 1. The molecule has 2 atom stereocenters. The first-order chi connectivity index (χ1) is 38.1. The summed E-state index contributed by atoms with van der Waals surface area (Å²) in [5.74, 6) is -2.59. The molecule has 0 saturated carbocycles. The zero-order chi connectivity index (χ0) is 56.3. The second-order valence-corrected chi connectivity index (χ2v) is 18.5. The number of aryl methyl sites for hydroxylation is 2. The molecule has 2 aliphatic rings. The van der Waals surface area contributed by atoms with Crippen LogP contribution in [0.25, 0.3) is 11.4 Å². The monoisotopic (exact) mass is 1130 g/mol. The van der Waals surface area contributed by atoms with Crippen molar-refractivity contribution in [3.05, 3.63) is 121 Å². The second-order valence-electron chi connectivity index (χ2n) is 17.6. The number of pyridine rings is 1. The van der Waals surface area contributed by atoms with E-state index in [0.717, 1.165) is 4.90 Å². The van der Waals surface area contributed by atoms with Crippen LogP contribution in [0, 0.1) is 0 Å². The topological polar surface area (TPSA) is 305 Å². The van der Waals surface area contributed by atoms with Crippen LogP contribution in [0.5, 0.6) is 17.6 Å². The van der Waals surface area contributed by atoms with Gasteiger partial charge in [0.1, 0.15) is 29.6 Å². The van der Waals surface area contributed by atoms with Crippen molar-refractivity contribution in [1.29, 1.82) is 0 Å². The van der Waals surface area contributed by atoms with E-state index in [1.54, 1.807) is 31.3 Å². The number of carbonyl (C=O) groups excluding carboxylic acids is 7. The Morgan fingerprint density at radius 3 is 2.25 bits per heavy atom. The zero-order valence-electron chi connectivity index (χ0n) is 43.1. The standard InChI is InChI=1S/C51H53Cl2N13O13/c1-54-39(68)13-10-32(27-67)65-47(71)34-12-11-33(23-35(34)48(65)72)79-28-40(69)55-14-18-77-20-21-78-19-15-56-45(70)37-26-63(61-60-37)16-5-17-64-43-41(58-44(64)36-24-57-51(76-4)59-46(36)75-3)50(74)66(38-22-31(53)25-62(2)49(38)73)42(43)29-6-8-30(52)9-7-29/h6-9,11-12,22-27,32,42H,5,10,13-21,28H2,1-4H3,(H,54,68)(H,55,69)(H,56,70)/t32?,42-/m1/s1. The molecule has 1 unspecified atom stereocenters. The molecule has 0 bridgehead atoms. The van der Waals surface area contributed by atoms with E-state index in [1.807, 2.05) is 4.57 Å². The summed E-state index contributed by atoms with van der Waals surface area (Å²) in [7, 11) is 5.83. The molecule has 0 radical (unpaired) electrons. The van der Waals surface area contributed by atoms with Crippen molar-refractivity contribution in [2.75, 3.05) is 72.3 Å². The van der Waals surface area contributed by atoms with Crippen molar-refractivity contribution in [1.82, 2.24) is 59.9 Å². The van der Waals surface area contributed by atoms with E-state index in [1.165, 1.54) is 78.3 Å². The normalized spacial score (nSPS) is 14.0. The SMILES string of the molecule is CNC(=O)CCC(C=O)N1C(=O)c2ccc(OCC(=O)NCCOCCOCCNC(=O)c3cn(CCCn4c(-c5cnc(OC)nc5OC)nc5c4[C@@H](c4ccc(Cl)cc4)N(c4cc(Cl)cn(C)c4=O)C5=O)nn3)cc2C1=O. The number of imide groups is 1. The summed E-state index contributed by atoms with van der Waals surface area (Å²) in [6.45, 7) is 1.18. The molecule has 0 aliphatic carbocycles. The number of benzene rings is 2. The molecular formula is C51H53Cl2N13O13. The zero-order valence-corrected chi connectivity index (χ0v) is 44.6. The Morgan fingerprint density at radius 2 is 1.54 bits per heavy atom. The smallest absolute Gasteiger partial charge is 0.319 e. The molecule has 26 nitrogen and oxygen atoms in total. The lowest BCUT2D eigenvalue weighted by atomic mass is 10.0. The number of nitrogens with one attached hydrogen (secondary N) is 3. The minimum atomic E-state index is -1.12. The fourth-order valence-electron chi connectivity index (χ4n) is 8.78. The summed E-state index contributed by atoms with van der Waals surface area (Å²) in [4.78, 5) is 119. The molecule has 2 aromatic carbocycles. The summed E-state index contributed by atoms with van der Waals surface area (Å²) >= 11 is 12.8.